The summed E-state index contributed by atoms with van der Waals surface area (Å²) < 4.78 is 4.60. The minimum atomic E-state index is -0.836. The van der Waals surface area contributed by atoms with Crippen LogP contribution in [-0.4, -0.2) is 24.2 Å². The molecular formula is C10H14O4. The molecule has 0 amide bonds. The smallest absolute Gasteiger partial charge is 0.312 e. The predicted molar refractivity (Wildman–Crippen MR) is 49.6 cm³/mol. The van der Waals surface area contributed by atoms with E-state index in [0.717, 1.165) is 0 Å². The molecule has 0 aromatic heterocycles. The molecule has 0 aromatic rings. The van der Waals surface area contributed by atoms with Gasteiger partial charge in [0.25, 0.3) is 0 Å². The highest BCUT2D eigenvalue weighted by Crippen LogP contribution is 2.28. The van der Waals surface area contributed by atoms with Crippen LogP contribution >= 0.6 is 0 Å². The summed E-state index contributed by atoms with van der Waals surface area (Å²) in [7, 11) is 1.34. The van der Waals surface area contributed by atoms with E-state index in [2.05, 4.69) is 4.74 Å². The lowest BCUT2D eigenvalue weighted by Crippen LogP contribution is -2.28. The Labute approximate surface area is 82.6 Å². The minimum absolute atomic E-state index is 0.0263. The second kappa shape index (κ2) is 4.26. The average Bonchev–Trinajstić information content (AvgIpc) is 2.15. The molecule has 0 saturated carbocycles. The molecular weight excluding hydrogens is 184 g/mol. The molecule has 1 rings (SSSR count). The van der Waals surface area contributed by atoms with Crippen LogP contribution in [0.5, 0.6) is 0 Å². The number of esters is 1. The first-order chi connectivity index (χ1) is 6.56. The molecule has 1 aliphatic carbocycles. The van der Waals surface area contributed by atoms with Crippen molar-refractivity contribution in [1.82, 2.24) is 0 Å². The van der Waals surface area contributed by atoms with Crippen molar-refractivity contribution in [2.75, 3.05) is 7.11 Å². The lowest BCUT2D eigenvalue weighted by molar-refractivity contribution is -0.147. The first kappa shape index (κ1) is 10.8. The summed E-state index contributed by atoms with van der Waals surface area (Å²) in [5, 5.41) is 8.82. The van der Waals surface area contributed by atoms with Gasteiger partial charge in [-0.05, 0) is 12.3 Å². The average molecular weight is 198 g/mol. The van der Waals surface area contributed by atoms with E-state index in [1.165, 1.54) is 7.11 Å². The van der Waals surface area contributed by atoms with E-state index in [1.54, 1.807) is 12.2 Å². The van der Waals surface area contributed by atoms with Crippen molar-refractivity contribution in [1.29, 1.82) is 0 Å². The largest absolute Gasteiger partial charge is 0.481 e. The van der Waals surface area contributed by atoms with Gasteiger partial charge in [0.1, 0.15) is 0 Å². The number of carboxylic acids is 1. The van der Waals surface area contributed by atoms with Crippen molar-refractivity contribution in [3.8, 4) is 0 Å². The zero-order valence-corrected chi connectivity index (χ0v) is 8.27. The molecule has 0 saturated heterocycles. The van der Waals surface area contributed by atoms with Gasteiger partial charge in [-0.25, -0.2) is 0 Å². The summed E-state index contributed by atoms with van der Waals surface area (Å²) in [5.41, 5.74) is 0. The fourth-order valence-corrected chi connectivity index (χ4v) is 1.72. The van der Waals surface area contributed by atoms with Crippen molar-refractivity contribution < 1.29 is 19.4 Å². The molecule has 4 nitrogen and oxygen atoms in total. The quantitative estimate of drug-likeness (QED) is 0.532. The summed E-state index contributed by atoms with van der Waals surface area (Å²) >= 11 is 0. The molecule has 1 N–H and O–H groups in total. The molecule has 0 fully saturated rings. The van der Waals surface area contributed by atoms with Gasteiger partial charge >= 0.3 is 11.9 Å². The van der Waals surface area contributed by atoms with Crippen molar-refractivity contribution in [3.05, 3.63) is 12.2 Å². The highest BCUT2D eigenvalue weighted by atomic mass is 16.5. The van der Waals surface area contributed by atoms with E-state index in [-0.39, 0.29) is 17.8 Å². The molecule has 3 atom stereocenters. The van der Waals surface area contributed by atoms with Gasteiger partial charge in [-0.2, -0.15) is 0 Å². The topological polar surface area (TPSA) is 63.6 Å². The zero-order chi connectivity index (χ0) is 10.7. The van der Waals surface area contributed by atoms with Gasteiger partial charge in [0, 0.05) is 0 Å². The maximum absolute atomic E-state index is 11.2. The number of carbonyl (C=O) groups excluding carboxylic acids is 1. The first-order valence-corrected chi connectivity index (χ1v) is 4.55. The Morgan fingerprint density at radius 2 is 2.07 bits per heavy atom. The van der Waals surface area contributed by atoms with Crippen LogP contribution in [0.3, 0.4) is 0 Å². The number of hydrogen-bond donors (Lipinski definition) is 1. The standard InChI is InChI=1S/C10H14O4/c1-6-5-7(10(13)14-2)3-4-8(6)9(11)12/h3-4,6-8H,5H2,1-2H3,(H,11,12)/t6-,7?,8?/m0/s1. The summed E-state index contributed by atoms with van der Waals surface area (Å²) in [6, 6.07) is 0. The molecule has 1 aliphatic rings. The second-order valence-electron chi connectivity index (χ2n) is 3.59. The second-order valence-corrected chi connectivity index (χ2v) is 3.59. The molecule has 0 aliphatic heterocycles. The van der Waals surface area contributed by atoms with Gasteiger partial charge < -0.3 is 9.84 Å². The maximum atomic E-state index is 11.2. The van der Waals surface area contributed by atoms with Gasteiger partial charge in [0.2, 0.25) is 0 Å². The van der Waals surface area contributed by atoms with Crippen molar-refractivity contribution >= 4 is 11.9 Å². The van der Waals surface area contributed by atoms with E-state index >= 15 is 0 Å². The molecule has 2 unspecified atom stereocenters. The Morgan fingerprint density at radius 1 is 1.43 bits per heavy atom. The summed E-state index contributed by atoms with van der Waals surface area (Å²) in [4.78, 5) is 21.9. The SMILES string of the molecule is COC(=O)C1C=CC(C(=O)O)[C@@H](C)C1. The molecule has 0 radical (unpaired) electrons. The number of carbonyl (C=O) groups is 2. The molecule has 0 heterocycles. The number of hydrogen-bond acceptors (Lipinski definition) is 3. The van der Waals surface area contributed by atoms with E-state index in [4.69, 9.17) is 5.11 Å². The van der Waals surface area contributed by atoms with Crippen molar-refractivity contribution in [2.24, 2.45) is 17.8 Å². The zero-order valence-electron chi connectivity index (χ0n) is 8.27. The summed E-state index contributed by atoms with van der Waals surface area (Å²) in [6.07, 6.45) is 3.75. The Morgan fingerprint density at radius 3 is 2.50 bits per heavy atom. The number of aliphatic carboxylic acids is 1. The number of carboxylic acid groups (broad SMARTS) is 1. The third-order valence-corrected chi connectivity index (χ3v) is 2.58. The molecule has 0 aromatic carbocycles. The number of ether oxygens (including phenoxy) is 1. The van der Waals surface area contributed by atoms with Gasteiger partial charge in [0.15, 0.2) is 0 Å². The van der Waals surface area contributed by atoms with Gasteiger partial charge in [-0.1, -0.05) is 19.1 Å². The fourth-order valence-electron chi connectivity index (χ4n) is 1.72. The Kier molecular flexibility index (Phi) is 3.28. The lowest BCUT2D eigenvalue weighted by atomic mass is 9.80. The van der Waals surface area contributed by atoms with Crippen molar-refractivity contribution in [3.63, 3.8) is 0 Å². The van der Waals surface area contributed by atoms with Gasteiger partial charge in [-0.15, -0.1) is 0 Å². The number of methoxy groups -OCH3 is 1. The minimum Gasteiger partial charge on any atom is -0.481 e. The van der Waals surface area contributed by atoms with Crippen LogP contribution in [0.1, 0.15) is 13.3 Å². The highest BCUT2D eigenvalue weighted by molar-refractivity contribution is 5.77. The van der Waals surface area contributed by atoms with Gasteiger partial charge in [-0.3, -0.25) is 9.59 Å². The Bertz CT molecular complexity index is 269. The van der Waals surface area contributed by atoms with Crippen LogP contribution in [0.15, 0.2) is 12.2 Å². The van der Waals surface area contributed by atoms with Crippen LogP contribution in [0.25, 0.3) is 0 Å². The Balaban J connectivity index is 2.71. The van der Waals surface area contributed by atoms with Crippen LogP contribution in [0.2, 0.25) is 0 Å². The van der Waals surface area contributed by atoms with E-state index in [1.807, 2.05) is 6.92 Å². The lowest BCUT2D eigenvalue weighted by Gasteiger charge is -2.24. The highest BCUT2D eigenvalue weighted by Gasteiger charge is 2.31. The van der Waals surface area contributed by atoms with Crippen LogP contribution in [-0.2, 0) is 14.3 Å². The molecule has 0 bridgehead atoms. The molecule has 14 heavy (non-hydrogen) atoms. The third-order valence-electron chi connectivity index (χ3n) is 2.58. The Hall–Kier alpha value is -1.32. The molecule has 78 valence electrons. The van der Waals surface area contributed by atoms with E-state index < -0.39 is 11.9 Å². The summed E-state index contributed by atoms with van der Waals surface area (Å²) in [6.45, 7) is 1.83. The van der Waals surface area contributed by atoms with Crippen LogP contribution < -0.4 is 0 Å². The van der Waals surface area contributed by atoms with E-state index in [9.17, 15) is 9.59 Å². The van der Waals surface area contributed by atoms with Crippen LogP contribution in [0.4, 0.5) is 0 Å². The number of rotatable bonds is 2. The summed E-state index contributed by atoms with van der Waals surface area (Å²) in [5.74, 6) is -1.92. The van der Waals surface area contributed by atoms with E-state index in [0.29, 0.717) is 6.42 Å². The normalized spacial score (nSPS) is 31.1. The monoisotopic (exact) mass is 198 g/mol. The van der Waals surface area contributed by atoms with Crippen LogP contribution in [0, 0.1) is 17.8 Å². The molecule has 4 heteroatoms. The maximum Gasteiger partial charge on any atom is 0.312 e. The van der Waals surface area contributed by atoms with Crippen molar-refractivity contribution in [2.45, 2.75) is 13.3 Å². The predicted octanol–water partition coefficient (Wildman–Crippen LogP) is 1.07. The molecule has 0 spiro atoms. The third kappa shape index (κ3) is 2.13. The van der Waals surface area contributed by atoms with Gasteiger partial charge in [0.05, 0.1) is 18.9 Å². The fraction of sp³-hybridized carbons (Fsp3) is 0.600. The first-order valence-electron chi connectivity index (χ1n) is 4.55.